The molecular formula is C13H13BBrFO3. The second-order valence-corrected chi connectivity index (χ2v) is 4.77. The van der Waals surface area contributed by atoms with Gasteiger partial charge in [-0.1, -0.05) is 34.1 Å². The Morgan fingerprint density at radius 1 is 1.05 bits per heavy atom. The van der Waals surface area contributed by atoms with E-state index >= 15 is 0 Å². The highest BCUT2D eigenvalue weighted by Crippen LogP contribution is 2.13. The molecule has 0 aliphatic heterocycles. The zero-order valence-electron chi connectivity index (χ0n) is 10.2. The van der Waals surface area contributed by atoms with Crippen LogP contribution in [0, 0.1) is 12.7 Å². The number of aromatic hydroxyl groups is 1. The molecule has 0 saturated heterocycles. The van der Waals surface area contributed by atoms with Crippen LogP contribution in [-0.2, 0) is 0 Å². The van der Waals surface area contributed by atoms with Crippen LogP contribution in [0.4, 0.5) is 4.39 Å². The van der Waals surface area contributed by atoms with E-state index in [-0.39, 0.29) is 11.6 Å². The van der Waals surface area contributed by atoms with Crippen molar-refractivity contribution in [3.8, 4) is 5.75 Å². The van der Waals surface area contributed by atoms with E-state index in [1.807, 2.05) is 0 Å². The summed E-state index contributed by atoms with van der Waals surface area (Å²) in [4.78, 5) is 0. The van der Waals surface area contributed by atoms with Gasteiger partial charge in [0, 0.05) is 10.5 Å². The topological polar surface area (TPSA) is 60.7 Å². The highest BCUT2D eigenvalue weighted by Gasteiger charge is 2.08. The SMILES string of the molecule is Cc1ccc(O)cc1F.OB(O)c1ccc(Br)cc1. The lowest BCUT2D eigenvalue weighted by atomic mass is 9.81. The molecule has 0 aromatic heterocycles. The van der Waals surface area contributed by atoms with E-state index in [1.54, 1.807) is 31.2 Å². The molecule has 0 heterocycles. The fourth-order valence-electron chi connectivity index (χ4n) is 1.22. The first-order valence-corrected chi connectivity index (χ1v) is 6.26. The van der Waals surface area contributed by atoms with Gasteiger partial charge in [-0.05, 0) is 36.1 Å². The summed E-state index contributed by atoms with van der Waals surface area (Å²) < 4.78 is 13.3. The minimum atomic E-state index is -1.37. The molecule has 0 amide bonds. The third-order valence-electron chi connectivity index (χ3n) is 2.32. The van der Waals surface area contributed by atoms with Crippen LogP contribution in [0.15, 0.2) is 46.9 Å². The first-order valence-electron chi connectivity index (χ1n) is 5.47. The molecule has 0 saturated carbocycles. The van der Waals surface area contributed by atoms with Crippen molar-refractivity contribution < 1.29 is 19.5 Å². The Hall–Kier alpha value is -1.37. The second kappa shape index (κ2) is 7.28. The van der Waals surface area contributed by atoms with Gasteiger partial charge in [0.05, 0.1) is 0 Å². The highest BCUT2D eigenvalue weighted by atomic mass is 79.9. The normalized spacial score (nSPS) is 9.53. The minimum absolute atomic E-state index is 0.0295. The maximum absolute atomic E-state index is 12.4. The Kier molecular flexibility index (Phi) is 6.01. The third kappa shape index (κ3) is 5.42. The Morgan fingerprint density at radius 2 is 1.63 bits per heavy atom. The van der Waals surface area contributed by atoms with Crippen molar-refractivity contribution in [2.75, 3.05) is 0 Å². The van der Waals surface area contributed by atoms with Crippen molar-refractivity contribution >= 4 is 28.5 Å². The molecule has 0 aliphatic rings. The van der Waals surface area contributed by atoms with Gasteiger partial charge in [-0.2, -0.15) is 0 Å². The number of rotatable bonds is 1. The molecule has 6 heteroatoms. The van der Waals surface area contributed by atoms with Crippen LogP contribution in [0.5, 0.6) is 5.75 Å². The number of halogens is 2. The van der Waals surface area contributed by atoms with Crippen LogP contribution >= 0.6 is 15.9 Å². The van der Waals surface area contributed by atoms with E-state index in [4.69, 9.17) is 15.2 Å². The van der Waals surface area contributed by atoms with Gasteiger partial charge in [-0.25, -0.2) is 4.39 Å². The highest BCUT2D eigenvalue weighted by molar-refractivity contribution is 9.10. The molecule has 2 aromatic carbocycles. The largest absolute Gasteiger partial charge is 0.508 e. The van der Waals surface area contributed by atoms with Gasteiger partial charge >= 0.3 is 7.12 Å². The number of aryl methyl sites for hydroxylation is 1. The van der Waals surface area contributed by atoms with Crippen molar-refractivity contribution in [1.82, 2.24) is 0 Å². The van der Waals surface area contributed by atoms with Crippen LogP contribution < -0.4 is 5.46 Å². The molecule has 100 valence electrons. The maximum atomic E-state index is 12.4. The molecule has 0 aliphatic carbocycles. The molecule has 0 bridgehead atoms. The lowest BCUT2D eigenvalue weighted by Crippen LogP contribution is -2.29. The van der Waals surface area contributed by atoms with Gasteiger partial charge in [0.2, 0.25) is 0 Å². The molecule has 0 spiro atoms. The van der Waals surface area contributed by atoms with Gasteiger partial charge in [0.1, 0.15) is 11.6 Å². The molecule has 0 unspecified atom stereocenters. The van der Waals surface area contributed by atoms with Crippen molar-refractivity contribution in [2.24, 2.45) is 0 Å². The average Bonchev–Trinajstić information content (AvgIpc) is 2.35. The Bertz CT molecular complexity index is 532. The summed E-state index contributed by atoms with van der Waals surface area (Å²) in [6, 6.07) is 10.9. The number of benzene rings is 2. The molecular weight excluding hydrogens is 314 g/mol. The molecule has 2 rings (SSSR count). The number of hydrogen-bond acceptors (Lipinski definition) is 3. The van der Waals surface area contributed by atoms with Crippen LogP contribution in [0.25, 0.3) is 0 Å². The molecule has 0 atom stereocenters. The molecule has 3 nitrogen and oxygen atoms in total. The minimum Gasteiger partial charge on any atom is -0.508 e. The van der Waals surface area contributed by atoms with E-state index in [1.165, 1.54) is 12.1 Å². The summed E-state index contributed by atoms with van der Waals surface area (Å²) in [5, 5.41) is 26.0. The molecule has 0 fully saturated rings. The van der Waals surface area contributed by atoms with Gasteiger partial charge in [0.15, 0.2) is 0 Å². The van der Waals surface area contributed by atoms with Crippen molar-refractivity contribution in [3.63, 3.8) is 0 Å². The zero-order chi connectivity index (χ0) is 14.4. The first-order chi connectivity index (χ1) is 8.90. The van der Waals surface area contributed by atoms with Crippen molar-refractivity contribution in [1.29, 1.82) is 0 Å². The second-order valence-electron chi connectivity index (χ2n) is 3.86. The van der Waals surface area contributed by atoms with E-state index < -0.39 is 7.12 Å². The molecule has 19 heavy (non-hydrogen) atoms. The monoisotopic (exact) mass is 326 g/mol. The maximum Gasteiger partial charge on any atom is 0.488 e. The van der Waals surface area contributed by atoms with E-state index in [2.05, 4.69) is 15.9 Å². The average molecular weight is 327 g/mol. The Labute approximate surface area is 119 Å². The number of phenolic OH excluding ortho intramolecular Hbond substituents is 1. The first kappa shape index (κ1) is 15.7. The van der Waals surface area contributed by atoms with E-state index in [9.17, 15) is 4.39 Å². The standard InChI is InChI=1S/C7H7FO.C6H6BBrO2/c1-5-2-3-6(9)4-7(5)8;8-6-3-1-5(2-4-6)7(9)10/h2-4,9H,1H3;1-4,9-10H. The third-order valence-corrected chi connectivity index (χ3v) is 2.85. The van der Waals surface area contributed by atoms with Crippen molar-refractivity contribution in [2.45, 2.75) is 6.92 Å². The quantitative estimate of drug-likeness (QED) is 0.702. The summed E-state index contributed by atoms with van der Waals surface area (Å²) in [5.41, 5.74) is 1.05. The van der Waals surface area contributed by atoms with E-state index in [0.717, 1.165) is 10.5 Å². The van der Waals surface area contributed by atoms with Crippen LogP contribution in [0.3, 0.4) is 0 Å². The lowest BCUT2D eigenvalue weighted by molar-refractivity contribution is 0.426. The fourth-order valence-corrected chi connectivity index (χ4v) is 1.48. The fraction of sp³-hybridized carbons (Fsp3) is 0.0769. The Morgan fingerprint density at radius 3 is 2.05 bits per heavy atom. The summed E-state index contributed by atoms with van der Waals surface area (Å²) in [6.45, 7) is 1.65. The molecule has 0 radical (unpaired) electrons. The summed E-state index contributed by atoms with van der Waals surface area (Å²) >= 11 is 3.23. The van der Waals surface area contributed by atoms with Gasteiger partial charge in [-0.15, -0.1) is 0 Å². The van der Waals surface area contributed by atoms with Crippen LogP contribution in [0.1, 0.15) is 5.56 Å². The smallest absolute Gasteiger partial charge is 0.488 e. The van der Waals surface area contributed by atoms with Crippen molar-refractivity contribution in [3.05, 3.63) is 58.3 Å². The van der Waals surface area contributed by atoms with Crippen LogP contribution in [-0.4, -0.2) is 22.3 Å². The van der Waals surface area contributed by atoms with Gasteiger partial charge < -0.3 is 15.2 Å². The predicted octanol–water partition coefficient (Wildman–Crippen LogP) is 1.97. The lowest BCUT2D eigenvalue weighted by Gasteiger charge is -1.96. The molecule has 2 aromatic rings. The number of phenols is 1. The summed E-state index contributed by atoms with van der Waals surface area (Å²) in [5.74, 6) is -0.395. The number of hydrogen-bond donors (Lipinski definition) is 3. The predicted molar refractivity (Wildman–Crippen MR) is 76.8 cm³/mol. The summed E-state index contributed by atoms with van der Waals surface area (Å²) in [6.07, 6.45) is 0. The van der Waals surface area contributed by atoms with Gasteiger partial charge in [-0.3, -0.25) is 0 Å². The Balaban J connectivity index is 0.000000191. The van der Waals surface area contributed by atoms with Gasteiger partial charge in [0.25, 0.3) is 0 Å². The zero-order valence-corrected chi connectivity index (χ0v) is 11.8. The molecule has 3 N–H and O–H groups in total. The van der Waals surface area contributed by atoms with E-state index in [0.29, 0.717) is 11.0 Å². The van der Waals surface area contributed by atoms with Crippen LogP contribution in [0.2, 0.25) is 0 Å². The summed E-state index contributed by atoms with van der Waals surface area (Å²) in [7, 11) is -1.37.